The zero-order chi connectivity index (χ0) is 15.7. The minimum Gasteiger partial charge on any atom is -0.508 e. The molecule has 0 saturated carbocycles. The van der Waals surface area contributed by atoms with Crippen LogP contribution in [0.4, 0.5) is 4.53 Å². The Morgan fingerprint density at radius 3 is 2.73 bits per heavy atom. The van der Waals surface area contributed by atoms with Crippen LogP contribution in [0.3, 0.4) is 0 Å². The van der Waals surface area contributed by atoms with Gasteiger partial charge in [0.15, 0.2) is 0 Å². The molecule has 0 aliphatic heterocycles. The monoisotopic (exact) mass is 302 g/mol. The Morgan fingerprint density at radius 2 is 1.95 bits per heavy atom. The van der Waals surface area contributed by atoms with Crippen LogP contribution >= 0.6 is 0 Å². The van der Waals surface area contributed by atoms with E-state index in [9.17, 15) is 19.2 Å². The molecule has 1 aromatic heterocycles. The maximum absolute atomic E-state index is 12.5. The molecule has 0 bridgehead atoms. The molecule has 1 heterocycles. The number of carbonyl (C=O) groups is 1. The van der Waals surface area contributed by atoms with E-state index in [4.69, 9.17) is 4.42 Å². The lowest BCUT2D eigenvalue weighted by molar-refractivity contribution is -0.183. The van der Waals surface area contributed by atoms with Crippen molar-refractivity contribution in [2.75, 3.05) is 0 Å². The Balaban J connectivity index is 2.25. The number of carbonyl (C=O) groups excluding carboxylic acids is 1. The van der Waals surface area contributed by atoms with Crippen molar-refractivity contribution in [3.63, 3.8) is 0 Å². The molecule has 0 saturated heterocycles. The topological polar surface area (TPSA) is 76.7 Å². The number of hydrogen-bond donors (Lipinski definition) is 1. The molecular formula is C16H11FO5. The number of fused-ring (bicyclic) bond motifs is 2. The van der Waals surface area contributed by atoms with E-state index in [0.29, 0.717) is 16.4 Å². The van der Waals surface area contributed by atoms with Crippen LogP contribution in [0.25, 0.3) is 21.9 Å². The third-order valence-electron chi connectivity index (χ3n) is 3.49. The van der Waals surface area contributed by atoms with Crippen molar-refractivity contribution in [1.29, 1.82) is 0 Å². The summed E-state index contributed by atoms with van der Waals surface area (Å²) in [4.78, 5) is 26.5. The Hall–Kier alpha value is -2.89. The summed E-state index contributed by atoms with van der Waals surface area (Å²) in [5.74, 6) is -1.18. The minimum absolute atomic E-state index is 0.00674. The highest BCUT2D eigenvalue weighted by Crippen LogP contribution is 2.29. The lowest BCUT2D eigenvalue weighted by atomic mass is 10.0. The van der Waals surface area contributed by atoms with Crippen LogP contribution in [-0.4, -0.2) is 11.1 Å². The van der Waals surface area contributed by atoms with E-state index in [2.05, 4.69) is 4.94 Å². The summed E-state index contributed by atoms with van der Waals surface area (Å²) >= 11 is 0. The van der Waals surface area contributed by atoms with E-state index in [1.54, 1.807) is 24.3 Å². The highest BCUT2D eigenvalue weighted by atomic mass is 19.3. The SMILES string of the molecule is O=C(CCc1c(O)ccc2c(=O)c3ccccc3oc12)OF. The van der Waals surface area contributed by atoms with Gasteiger partial charge in [0.05, 0.1) is 17.2 Å². The van der Waals surface area contributed by atoms with Crippen LogP contribution in [-0.2, 0) is 16.2 Å². The first-order valence-corrected chi connectivity index (χ1v) is 6.59. The summed E-state index contributed by atoms with van der Waals surface area (Å²) in [5, 5.41) is 10.7. The third kappa shape index (κ3) is 2.28. The zero-order valence-electron chi connectivity index (χ0n) is 11.3. The molecule has 5 nitrogen and oxygen atoms in total. The van der Waals surface area contributed by atoms with Gasteiger partial charge in [0.25, 0.3) is 0 Å². The van der Waals surface area contributed by atoms with Crippen LogP contribution in [0.5, 0.6) is 5.75 Å². The molecule has 2 aromatic carbocycles. The molecule has 3 rings (SSSR count). The maximum atomic E-state index is 12.5. The number of aromatic hydroxyl groups is 1. The molecule has 112 valence electrons. The van der Waals surface area contributed by atoms with Crippen molar-refractivity contribution in [3.05, 3.63) is 52.2 Å². The van der Waals surface area contributed by atoms with E-state index in [-0.39, 0.29) is 35.2 Å². The molecule has 0 atom stereocenters. The van der Waals surface area contributed by atoms with E-state index >= 15 is 0 Å². The average Bonchev–Trinajstić information content (AvgIpc) is 2.54. The van der Waals surface area contributed by atoms with Crippen molar-refractivity contribution in [2.45, 2.75) is 12.8 Å². The summed E-state index contributed by atoms with van der Waals surface area (Å²) < 4.78 is 17.5. The van der Waals surface area contributed by atoms with E-state index < -0.39 is 5.97 Å². The Kier molecular flexibility index (Phi) is 3.50. The predicted molar refractivity (Wildman–Crippen MR) is 77.2 cm³/mol. The Morgan fingerprint density at radius 1 is 1.18 bits per heavy atom. The van der Waals surface area contributed by atoms with Gasteiger partial charge in [0.1, 0.15) is 16.9 Å². The van der Waals surface area contributed by atoms with Gasteiger partial charge in [-0.2, -0.15) is 0 Å². The second kappa shape index (κ2) is 5.48. The van der Waals surface area contributed by atoms with Gasteiger partial charge in [-0.05, 0) is 30.7 Å². The molecule has 1 N–H and O–H groups in total. The maximum Gasteiger partial charge on any atom is 0.349 e. The van der Waals surface area contributed by atoms with Gasteiger partial charge < -0.3 is 9.52 Å². The average molecular weight is 302 g/mol. The first kappa shape index (κ1) is 14.1. The van der Waals surface area contributed by atoms with Crippen LogP contribution < -0.4 is 5.43 Å². The second-order valence-corrected chi connectivity index (χ2v) is 4.82. The van der Waals surface area contributed by atoms with Gasteiger partial charge in [-0.25, -0.2) is 4.79 Å². The molecule has 0 aliphatic carbocycles. The zero-order valence-corrected chi connectivity index (χ0v) is 11.3. The summed E-state index contributed by atoms with van der Waals surface area (Å²) in [5.41, 5.74) is 0.604. The standard InChI is InChI=1S/C16H11FO5/c17-22-14(19)8-6-9-12(18)7-5-11-15(20)10-3-1-2-4-13(10)21-16(9)11/h1-5,7,18H,6,8H2. The number of para-hydroxylation sites is 1. The molecule has 0 amide bonds. The number of phenolic OH excluding ortho intramolecular Hbond substituents is 1. The first-order chi connectivity index (χ1) is 10.6. The van der Waals surface area contributed by atoms with Gasteiger partial charge in [0.2, 0.25) is 5.43 Å². The summed E-state index contributed by atoms with van der Waals surface area (Å²) in [6, 6.07) is 9.54. The molecule has 6 heteroatoms. The number of phenols is 1. The van der Waals surface area contributed by atoms with Gasteiger partial charge in [-0.1, -0.05) is 12.1 Å². The van der Waals surface area contributed by atoms with Crippen molar-refractivity contribution in [3.8, 4) is 5.75 Å². The minimum atomic E-state index is -1.06. The fourth-order valence-corrected chi connectivity index (χ4v) is 2.42. The fraction of sp³-hybridized carbons (Fsp3) is 0.125. The molecular weight excluding hydrogens is 291 g/mol. The number of rotatable bonds is 3. The van der Waals surface area contributed by atoms with Gasteiger partial charge in [-0.15, -0.1) is 0 Å². The van der Waals surface area contributed by atoms with Crippen LogP contribution in [0, 0.1) is 0 Å². The van der Waals surface area contributed by atoms with Crippen molar-refractivity contribution in [2.24, 2.45) is 0 Å². The Labute approximate surface area is 123 Å². The number of benzene rings is 2. The lowest BCUT2D eigenvalue weighted by Gasteiger charge is -2.08. The third-order valence-corrected chi connectivity index (χ3v) is 3.49. The molecule has 22 heavy (non-hydrogen) atoms. The molecule has 0 aliphatic rings. The molecule has 0 fully saturated rings. The Bertz CT molecular complexity index is 929. The molecule has 0 spiro atoms. The number of aryl methyl sites for hydroxylation is 1. The summed E-state index contributed by atoms with van der Waals surface area (Å²) in [6.45, 7) is 0. The van der Waals surface area contributed by atoms with Crippen LogP contribution in [0.15, 0.2) is 45.6 Å². The number of halogens is 1. The first-order valence-electron chi connectivity index (χ1n) is 6.59. The largest absolute Gasteiger partial charge is 0.508 e. The summed E-state index contributed by atoms with van der Waals surface area (Å²) in [6.07, 6.45) is -0.285. The lowest BCUT2D eigenvalue weighted by Crippen LogP contribution is -2.05. The molecule has 0 unspecified atom stereocenters. The number of hydrogen-bond acceptors (Lipinski definition) is 5. The van der Waals surface area contributed by atoms with Gasteiger partial charge >= 0.3 is 5.97 Å². The quantitative estimate of drug-likeness (QED) is 0.753. The van der Waals surface area contributed by atoms with Crippen molar-refractivity contribution in [1.82, 2.24) is 0 Å². The smallest absolute Gasteiger partial charge is 0.349 e. The second-order valence-electron chi connectivity index (χ2n) is 4.82. The van der Waals surface area contributed by atoms with E-state index in [0.717, 1.165) is 0 Å². The summed E-state index contributed by atoms with van der Waals surface area (Å²) in [7, 11) is 0. The molecule has 0 radical (unpaired) electrons. The van der Waals surface area contributed by atoms with E-state index in [1.165, 1.54) is 12.1 Å². The van der Waals surface area contributed by atoms with Crippen LogP contribution in [0.1, 0.15) is 12.0 Å². The van der Waals surface area contributed by atoms with E-state index in [1.807, 2.05) is 0 Å². The fourth-order valence-electron chi connectivity index (χ4n) is 2.42. The van der Waals surface area contributed by atoms with Gasteiger partial charge in [-0.3, -0.25) is 9.74 Å². The highest BCUT2D eigenvalue weighted by molar-refractivity contribution is 5.92. The highest BCUT2D eigenvalue weighted by Gasteiger charge is 2.16. The van der Waals surface area contributed by atoms with Crippen molar-refractivity contribution < 1.29 is 23.8 Å². The predicted octanol–water partition coefficient (Wildman–Crippen LogP) is 3.01. The molecule has 3 aromatic rings. The van der Waals surface area contributed by atoms with Crippen LogP contribution in [0.2, 0.25) is 0 Å². The van der Waals surface area contributed by atoms with Gasteiger partial charge in [0, 0.05) is 10.1 Å². The van der Waals surface area contributed by atoms with Crippen molar-refractivity contribution >= 4 is 27.9 Å². The normalized spacial score (nSPS) is 11.0.